The second kappa shape index (κ2) is 4.56. The largest absolute Gasteiger partial charge is 0.416 e. The second-order valence-corrected chi connectivity index (χ2v) is 4.48. The highest BCUT2D eigenvalue weighted by molar-refractivity contribution is 5.48. The number of hydrogen-bond donors (Lipinski definition) is 1. The Bertz CT molecular complexity index is 372. The molecule has 94 valence electrons. The molecule has 0 spiro atoms. The van der Waals surface area contributed by atoms with E-state index in [1.807, 2.05) is 4.90 Å². The van der Waals surface area contributed by atoms with Crippen LogP contribution < -0.4 is 10.2 Å². The highest BCUT2D eigenvalue weighted by Gasteiger charge is 2.30. The van der Waals surface area contributed by atoms with E-state index in [1.54, 1.807) is 0 Å². The summed E-state index contributed by atoms with van der Waals surface area (Å²) in [6, 6.07) is 5.33. The first kappa shape index (κ1) is 12.2. The number of hydrogen-bond acceptors (Lipinski definition) is 2. The Balaban J connectivity index is 2.12. The van der Waals surface area contributed by atoms with Gasteiger partial charge < -0.3 is 4.90 Å². The zero-order chi connectivity index (χ0) is 12.5. The number of benzene rings is 1. The number of rotatable bonds is 1. The predicted molar refractivity (Wildman–Crippen MR) is 60.8 cm³/mol. The minimum atomic E-state index is -4.26. The lowest BCUT2D eigenvalue weighted by atomic mass is 10.1. The van der Waals surface area contributed by atoms with Gasteiger partial charge in [0, 0.05) is 18.8 Å². The molecule has 0 saturated carbocycles. The van der Waals surface area contributed by atoms with Crippen LogP contribution in [0.5, 0.6) is 0 Å². The Hall–Kier alpha value is -1.23. The Morgan fingerprint density at radius 2 is 1.88 bits per heavy atom. The Kier molecular flexibility index (Phi) is 3.28. The maximum Gasteiger partial charge on any atom is 0.416 e. The topological polar surface area (TPSA) is 15.3 Å². The van der Waals surface area contributed by atoms with Crippen LogP contribution in [0.3, 0.4) is 0 Å². The summed E-state index contributed by atoms with van der Waals surface area (Å²) < 4.78 is 37.2. The van der Waals surface area contributed by atoms with Crippen LogP contribution in [0.4, 0.5) is 18.9 Å². The molecule has 2 nitrogen and oxygen atoms in total. The molecule has 17 heavy (non-hydrogen) atoms. The fourth-order valence-electron chi connectivity index (χ4n) is 2.01. The van der Waals surface area contributed by atoms with Crippen molar-refractivity contribution in [2.24, 2.45) is 5.92 Å². The minimum Gasteiger partial charge on any atom is -0.358 e. The molecule has 0 aliphatic carbocycles. The first-order valence-electron chi connectivity index (χ1n) is 5.60. The van der Waals surface area contributed by atoms with Crippen LogP contribution in [0.15, 0.2) is 24.3 Å². The molecule has 0 radical (unpaired) electrons. The summed E-state index contributed by atoms with van der Waals surface area (Å²) in [7, 11) is 0. The SMILES string of the molecule is C[C@@H]1CNCN(c2ccc(C(F)(F)F)cc2)C1. The molecule has 0 amide bonds. The van der Waals surface area contributed by atoms with E-state index in [9.17, 15) is 13.2 Å². The second-order valence-electron chi connectivity index (χ2n) is 4.48. The molecule has 1 aromatic carbocycles. The van der Waals surface area contributed by atoms with Crippen molar-refractivity contribution in [2.75, 3.05) is 24.7 Å². The van der Waals surface area contributed by atoms with Gasteiger partial charge in [0.05, 0.1) is 12.2 Å². The van der Waals surface area contributed by atoms with Crippen LogP contribution in [0, 0.1) is 5.92 Å². The molecule has 1 aromatic rings. The molecule has 1 N–H and O–H groups in total. The third-order valence-corrected chi connectivity index (χ3v) is 2.89. The Morgan fingerprint density at radius 3 is 2.41 bits per heavy atom. The summed E-state index contributed by atoms with van der Waals surface area (Å²) >= 11 is 0. The van der Waals surface area contributed by atoms with Crippen LogP contribution in [0.25, 0.3) is 0 Å². The lowest BCUT2D eigenvalue weighted by Gasteiger charge is -2.33. The normalized spacial score (nSPS) is 21.6. The van der Waals surface area contributed by atoms with Gasteiger partial charge in [-0.1, -0.05) is 6.92 Å². The Morgan fingerprint density at radius 1 is 1.24 bits per heavy atom. The van der Waals surface area contributed by atoms with Crippen LogP contribution in [0.2, 0.25) is 0 Å². The van der Waals surface area contributed by atoms with Crippen molar-refractivity contribution in [3.63, 3.8) is 0 Å². The van der Waals surface area contributed by atoms with Gasteiger partial charge >= 0.3 is 6.18 Å². The van der Waals surface area contributed by atoms with E-state index in [4.69, 9.17) is 0 Å². The van der Waals surface area contributed by atoms with Gasteiger partial charge in [-0.3, -0.25) is 5.32 Å². The van der Waals surface area contributed by atoms with Gasteiger partial charge in [-0.25, -0.2) is 0 Å². The van der Waals surface area contributed by atoms with E-state index in [0.29, 0.717) is 12.6 Å². The van der Waals surface area contributed by atoms with E-state index in [2.05, 4.69) is 12.2 Å². The fourth-order valence-corrected chi connectivity index (χ4v) is 2.01. The quantitative estimate of drug-likeness (QED) is 0.817. The van der Waals surface area contributed by atoms with E-state index >= 15 is 0 Å². The fraction of sp³-hybridized carbons (Fsp3) is 0.500. The van der Waals surface area contributed by atoms with Gasteiger partial charge in [0.2, 0.25) is 0 Å². The molecule has 1 heterocycles. The summed E-state index contributed by atoms with van der Waals surface area (Å²) in [5.41, 5.74) is 0.233. The van der Waals surface area contributed by atoms with Crippen molar-refractivity contribution in [3.8, 4) is 0 Å². The van der Waals surface area contributed by atoms with Crippen LogP contribution in [-0.4, -0.2) is 19.8 Å². The molecule has 0 bridgehead atoms. The average Bonchev–Trinajstić information content (AvgIpc) is 2.28. The highest BCUT2D eigenvalue weighted by Crippen LogP contribution is 2.30. The molecule has 1 fully saturated rings. The summed E-state index contributed by atoms with van der Waals surface area (Å²) in [5.74, 6) is 0.506. The molecule has 0 aromatic heterocycles. The van der Waals surface area contributed by atoms with Gasteiger partial charge in [-0.2, -0.15) is 13.2 Å². The van der Waals surface area contributed by atoms with Crippen LogP contribution in [0.1, 0.15) is 12.5 Å². The third kappa shape index (κ3) is 2.91. The smallest absolute Gasteiger partial charge is 0.358 e. The Labute approximate surface area is 98.4 Å². The van der Waals surface area contributed by atoms with Gasteiger partial charge in [0.1, 0.15) is 0 Å². The van der Waals surface area contributed by atoms with Gasteiger partial charge in [-0.15, -0.1) is 0 Å². The first-order chi connectivity index (χ1) is 7.97. The highest BCUT2D eigenvalue weighted by atomic mass is 19.4. The lowest BCUT2D eigenvalue weighted by Crippen LogP contribution is -2.46. The number of halogens is 3. The van der Waals surface area contributed by atoms with Crippen molar-refractivity contribution in [1.82, 2.24) is 5.32 Å². The zero-order valence-electron chi connectivity index (χ0n) is 9.59. The van der Waals surface area contributed by atoms with E-state index in [1.165, 1.54) is 12.1 Å². The van der Waals surface area contributed by atoms with E-state index in [-0.39, 0.29) is 0 Å². The molecule has 0 unspecified atom stereocenters. The van der Waals surface area contributed by atoms with E-state index in [0.717, 1.165) is 30.9 Å². The van der Waals surface area contributed by atoms with Gasteiger partial charge in [0.15, 0.2) is 0 Å². The van der Waals surface area contributed by atoms with Crippen molar-refractivity contribution < 1.29 is 13.2 Å². The lowest BCUT2D eigenvalue weighted by molar-refractivity contribution is -0.137. The van der Waals surface area contributed by atoms with Gasteiger partial charge in [-0.05, 0) is 30.2 Å². The number of nitrogens with zero attached hydrogens (tertiary/aromatic N) is 1. The summed E-state index contributed by atoms with van der Waals surface area (Å²) in [6.07, 6.45) is -4.26. The predicted octanol–water partition coefficient (Wildman–Crippen LogP) is 2.71. The number of nitrogens with one attached hydrogen (secondary N) is 1. The first-order valence-corrected chi connectivity index (χ1v) is 5.60. The molecular formula is C12H15F3N2. The molecule has 1 aliphatic rings. The molecule has 2 rings (SSSR count). The van der Waals surface area contributed by atoms with Crippen molar-refractivity contribution in [3.05, 3.63) is 29.8 Å². The summed E-state index contributed by atoms with van der Waals surface area (Å²) in [5, 5.41) is 3.23. The monoisotopic (exact) mass is 244 g/mol. The maximum absolute atomic E-state index is 12.4. The number of alkyl halides is 3. The molecular weight excluding hydrogens is 229 g/mol. The average molecular weight is 244 g/mol. The van der Waals surface area contributed by atoms with Crippen molar-refractivity contribution in [2.45, 2.75) is 13.1 Å². The standard InChI is InChI=1S/C12H15F3N2/c1-9-6-16-8-17(7-9)11-4-2-10(3-5-11)12(13,14)15/h2-5,9,16H,6-8H2,1H3/t9-/m1/s1. The molecule has 1 aliphatic heterocycles. The van der Waals surface area contributed by atoms with Crippen molar-refractivity contribution >= 4 is 5.69 Å². The molecule has 1 saturated heterocycles. The van der Waals surface area contributed by atoms with Gasteiger partial charge in [0.25, 0.3) is 0 Å². The van der Waals surface area contributed by atoms with E-state index < -0.39 is 11.7 Å². The maximum atomic E-state index is 12.4. The van der Waals surface area contributed by atoms with Crippen molar-refractivity contribution in [1.29, 1.82) is 0 Å². The molecule has 1 atom stereocenters. The van der Waals surface area contributed by atoms with Crippen LogP contribution >= 0.6 is 0 Å². The third-order valence-electron chi connectivity index (χ3n) is 2.89. The summed E-state index contributed by atoms with van der Waals surface area (Å²) in [6.45, 7) is 4.63. The molecule has 5 heteroatoms. The minimum absolute atomic E-state index is 0.506. The number of anilines is 1. The summed E-state index contributed by atoms with van der Waals surface area (Å²) in [4.78, 5) is 2.05. The zero-order valence-corrected chi connectivity index (χ0v) is 9.59. The van der Waals surface area contributed by atoms with Crippen LogP contribution in [-0.2, 0) is 6.18 Å².